The van der Waals surface area contributed by atoms with E-state index in [-0.39, 0.29) is 17.1 Å². The van der Waals surface area contributed by atoms with Crippen LogP contribution in [0, 0.1) is 6.92 Å². The summed E-state index contributed by atoms with van der Waals surface area (Å²) >= 11 is 0. The Morgan fingerprint density at radius 2 is 1.52 bits per heavy atom. The number of ketones is 2. The molecular weight excluding hydrogens is 336 g/mol. The molecule has 0 aromatic heterocycles. The van der Waals surface area contributed by atoms with Gasteiger partial charge >= 0.3 is 0 Å². The molecule has 1 aliphatic rings. The van der Waals surface area contributed by atoms with Crippen molar-refractivity contribution in [3.63, 3.8) is 0 Å². The number of nitrogen functional groups attached to an aromatic ring is 1. The highest BCUT2D eigenvalue weighted by Gasteiger charge is 2.34. The largest absolute Gasteiger partial charge is 0.398 e. The predicted octanol–water partition coefficient (Wildman–Crippen LogP) is 4.74. The van der Waals surface area contributed by atoms with E-state index in [1.54, 1.807) is 30.3 Å². The highest BCUT2D eigenvalue weighted by molar-refractivity contribution is 6.32. The van der Waals surface area contributed by atoms with Gasteiger partial charge in [-0.05, 0) is 36.2 Å². The van der Waals surface area contributed by atoms with Gasteiger partial charge in [-0.2, -0.15) is 0 Å². The summed E-state index contributed by atoms with van der Waals surface area (Å²) in [5.41, 5.74) is 11.1. The van der Waals surface area contributed by atoms with Gasteiger partial charge < -0.3 is 11.1 Å². The lowest BCUT2D eigenvalue weighted by Crippen LogP contribution is -2.24. The number of rotatable bonds is 3. The first-order valence-corrected chi connectivity index (χ1v) is 8.62. The van der Waals surface area contributed by atoms with Crippen LogP contribution in [0.2, 0.25) is 0 Å². The van der Waals surface area contributed by atoms with E-state index in [0.29, 0.717) is 28.1 Å². The van der Waals surface area contributed by atoms with Crippen molar-refractivity contribution in [2.24, 2.45) is 0 Å². The van der Waals surface area contributed by atoms with Crippen molar-refractivity contribution < 1.29 is 9.59 Å². The van der Waals surface area contributed by atoms with E-state index in [0.717, 1.165) is 16.8 Å². The molecule has 0 aliphatic heterocycles. The van der Waals surface area contributed by atoms with Crippen LogP contribution in [0.25, 0.3) is 6.08 Å². The first-order valence-electron chi connectivity index (χ1n) is 8.62. The topological polar surface area (TPSA) is 72.2 Å². The maximum absolute atomic E-state index is 13.2. The average Bonchev–Trinajstić information content (AvgIpc) is 2.69. The van der Waals surface area contributed by atoms with Crippen LogP contribution >= 0.6 is 0 Å². The second-order valence-electron chi connectivity index (χ2n) is 6.56. The van der Waals surface area contributed by atoms with E-state index < -0.39 is 0 Å². The molecular formula is C23H18N2O2. The molecule has 4 heteroatoms. The van der Waals surface area contributed by atoms with Gasteiger partial charge in [-0.1, -0.05) is 49.1 Å². The second-order valence-corrected chi connectivity index (χ2v) is 6.56. The molecule has 0 fully saturated rings. The fraction of sp³-hybridized carbons (Fsp3) is 0.0435. The molecule has 0 unspecified atom stereocenters. The Bertz CT molecular complexity index is 1110. The SMILES string of the molecule is C=Cc1ccc(Nc2cc(C)c(N)c3c2C(=O)c2ccccc2C3=O)cc1. The molecule has 0 bridgehead atoms. The van der Waals surface area contributed by atoms with Crippen LogP contribution in [-0.4, -0.2) is 11.6 Å². The molecule has 0 saturated carbocycles. The number of anilines is 3. The molecule has 3 aromatic rings. The molecule has 3 aromatic carbocycles. The van der Waals surface area contributed by atoms with Gasteiger partial charge in [-0.3, -0.25) is 9.59 Å². The number of nitrogens with one attached hydrogen (secondary N) is 1. The summed E-state index contributed by atoms with van der Waals surface area (Å²) in [6, 6.07) is 16.3. The van der Waals surface area contributed by atoms with Gasteiger partial charge in [0.15, 0.2) is 11.6 Å². The van der Waals surface area contributed by atoms with Crippen LogP contribution in [0.3, 0.4) is 0 Å². The van der Waals surface area contributed by atoms with E-state index in [4.69, 9.17) is 5.73 Å². The normalized spacial score (nSPS) is 12.3. The van der Waals surface area contributed by atoms with E-state index >= 15 is 0 Å². The Hall–Kier alpha value is -3.66. The number of nitrogens with two attached hydrogens (primary N) is 1. The first-order chi connectivity index (χ1) is 13.0. The molecule has 4 nitrogen and oxygen atoms in total. The zero-order chi connectivity index (χ0) is 19.1. The van der Waals surface area contributed by atoms with Crippen LogP contribution in [0.5, 0.6) is 0 Å². The van der Waals surface area contributed by atoms with E-state index in [1.165, 1.54) is 0 Å². The Morgan fingerprint density at radius 1 is 0.926 bits per heavy atom. The van der Waals surface area contributed by atoms with Crippen molar-refractivity contribution in [3.8, 4) is 0 Å². The lowest BCUT2D eigenvalue weighted by molar-refractivity contribution is 0.0980. The molecule has 4 rings (SSSR count). The minimum absolute atomic E-state index is 0.197. The van der Waals surface area contributed by atoms with Crippen LogP contribution in [0.15, 0.2) is 61.2 Å². The summed E-state index contributed by atoms with van der Waals surface area (Å²) in [4.78, 5) is 26.2. The molecule has 1 aliphatic carbocycles. The zero-order valence-corrected chi connectivity index (χ0v) is 14.9. The van der Waals surface area contributed by atoms with E-state index in [1.807, 2.05) is 37.3 Å². The molecule has 0 atom stereocenters. The minimum atomic E-state index is -0.216. The highest BCUT2D eigenvalue weighted by atomic mass is 16.1. The van der Waals surface area contributed by atoms with Gasteiger partial charge in [0.25, 0.3) is 0 Å². The van der Waals surface area contributed by atoms with Gasteiger partial charge in [0, 0.05) is 22.5 Å². The molecule has 3 N–H and O–H groups in total. The molecule has 132 valence electrons. The Kier molecular flexibility index (Phi) is 3.89. The smallest absolute Gasteiger partial charge is 0.196 e. The molecule has 0 spiro atoms. The molecule has 0 amide bonds. The van der Waals surface area contributed by atoms with Crippen LogP contribution in [0.4, 0.5) is 17.1 Å². The van der Waals surface area contributed by atoms with E-state index in [2.05, 4.69) is 11.9 Å². The van der Waals surface area contributed by atoms with Crippen LogP contribution in [-0.2, 0) is 0 Å². The summed E-state index contributed by atoms with van der Waals surface area (Å²) in [7, 11) is 0. The summed E-state index contributed by atoms with van der Waals surface area (Å²) in [5.74, 6) is -0.413. The lowest BCUT2D eigenvalue weighted by atomic mass is 9.81. The third-order valence-corrected chi connectivity index (χ3v) is 4.87. The summed E-state index contributed by atoms with van der Waals surface area (Å²) in [6.45, 7) is 5.58. The number of aryl methyl sites for hydroxylation is 1. The molecule has 0 radical (unpaired) electrons. The Balaban J connectivity index is 1.89. The molecule has 0 saturated heterocycles. The Labute approximate surface area is 157 Å². The number of carbonyl (C=O) groups is 2. The Morgan fingerprint density at radius 3 is 2.11 bits per heavy atom. The number of hydrogen-bond acceptors (Lipinski definition) is 4. The monoisotopic (exact) mass is 354 g/mol. The number of benzene rings is 3. The minimum Gasteiger partial charge on any atom is -0.398 e. The number of carbonyl (C=O) groups excluding carboxylic acids is 2. The van der Waals surface area contributed by atoms with Crippen molar-refractivity contribution in [2.45, 2.75) is 6.92 Å². The number of fused-ring (bicyclic) bond motifs is 2. The third-order valence-electron chi connectivity index (χ3n) is 4.87. The maximum atomic E-state index is 13.2. The summed E-state index contributed by atoms with van der Waals surface area (Å²) in [5, 5.41) is 3.27. The van der Waals surface area contributed by atoms with Gasteiger partial charge in [0.2, 0.25) is 0 Å². The van der Waals surface area contributed by atoms with Gasteiger partial charge in [-0.15, -0.1) is 0 Å². The van der Waals surface area contributed by atoms with E-state index in [9.17, 15) is 9.59 Å². The quantitative estimate of drug-likeness (QED) is 0.521. The molecule has 0 heterocycles. The molecule has 27 heavy (non-hydrogen) atoms. The van der Waals surface area contributed by atoms with Gasteiger partial charge in [-0.25, -0.2) is 0 Å². The summed E-state index contributed by atoms with van der Waals surface area (Å²) in [6.07, 6.45) is 1.76. The van der Waals surface area contributed by atoms with Gasteiger partial charge in [0.1, 0.15) is 0 Å². The average molecular weight is 354 g/mol. The maximum Gasteiger partial charge on any atom is 0.196 e. The van der Waals surface area contributed by atoms with Crippen molar-refractivity contribution in [1.82, 2.24) is 0 Å². The highest BCUT2D eigenvalue weighted by Crippen LogP contribution is 2.38. The number of hydrogen-bond donors (Lipinski definition) is 2. The van der Waals surface area contributed by atoms with Crippen molar-refractivity contribution >= 4 is 34.7 Å². The van der Waals surface area contributed by atoms with Crippen LogP contribution < -0.4 is 11.1 Å². The van der Waals surface area contributed by atoms with Crippen molar-refractivity contribution in [3.05, 3.63) is 94.6 Å². The fourth-order valence-electron chi connectivity index (χ4n) is 3.41. The van der Waals surface area contributed by atoms with Gasteiger partial charge in [0.05, 0.1) is 16.8 Å². The van der Waals surface area contributed by atoms with Crippen LogP contribution in [0.1, 0.15) is 43.0 Å². The zero-order valence-electron chi connectivity index (χ0n) is 14.9. The third kappa shape index (κ3) is 2.62. The van der Waals surface area contributed by atoms with Crippen molar-refractivity contribution in [1.29, 1.82) is 0 Å². The predicted molar refractivity (Wildman–Crippen MR) is 109 cm³/mol. The lowest BCUT2D eigenvalue weighted by Gasteiger charge is -2.23. The van der Waals surface area contributed by atoms with Crippen molar-refractivity contribution in [2.75, 3.05) is 11.1 Å². The standard InChI is InChI=1S/C23H18N2O2/c1-3-14-8-10-15(11-9-14)25-18-12-13(2)21(24)20-19(18)22(26)16-6-4-5-7-17(16)23(20)27/h3-12,25H,1,24H2,2H3. The summed E-state index contributed by atoms with van der Waals surface area (Å²) < 4.78 is 0. The second kappa shape index (κ2) is 6.25. The fourth-order valence-corrected chi connectivity index (χ4v) is 3.41. The first kappa shape index (κ1) is 16.8.